The lowest BCUT2D eigenvalue weighted by molar-refractivity contribution is -0.189. The molecule has 0 bridgehead atoms. The van der Waals surface area contributed by atoms with Gasteiger partial charge in [0.05, 0.1) is 0 Å². The van der Waals surface area contributed by atoms with E-state index in [1.54, 1.807) is 6.92 Å². The zero-order chi connectivity index (χ0) is 13.6. The second-order valence-corrected chi connectivity index (χ2v) is 3.86. The summed E-state index contributed by atoms with van der Waals surface area (Å²) in [4.78, 5) is 34.0. The second-order valence-electron chi connectivity index (χ2n) is 3.86. The molecule has 0 amide bonds. The first-order valence-corrected chi connectivity index (χ1v) is 5.33. The van der Waals surface area contributed by atoms with Crippen molar-refractivity contribution in [1.29, 1.82) is 0 Å². The molecule has 0 aromatic carbocycles. The first kappa shape index (κ1) is 15.3. The van der Waals surface area contributed by atoms with Gasteiger partial charge in [0.25, 0.3) is 0 Å². The molecule has 0 rings (SSSR count). The van der Waals surface area contributed by atoms with Crippen LogP contribution in [0.3, 0.4) is 0 Å². The number of rotatable bonds is 6. The van der Waals surface area contributed by atoms with Gasteiger partial charge in [-0.15, -0.1) is 0 Å². The van der Waals surface area contributed by atoms with Crippen LogP contribution in [0.15, 0.2) is 12.7 Å². The fraction of sp³-hybridized carbons (Fsp3) is 0.583. The molecule has 5 nitrogen and oxygen atoms in total. The lowest BCUT2D eigenvalue weighted by Crippen LogP contribution is -2.38. The van der Waals surface area contributed by atoms with Crippen LogP contribution >= 0.6 is 0 Å². The van der Waals surface area contributed by atoms with E-state index in [1.807, 2.05) is 0 Å². The summed E-state index contributed by atoms with van der Waals surface area (Å²) in [5.41, 5.74) is -1.20. The normalized spacial score (nSPS) is 15.3. The van der Waals surface area contributed by atoms with Crippen molar-refractivity contribution < 1.29 is 23.9 Å². The predicted molar refractivity (Wildman–Crippen MR) is 60.9 cm³/mol. The number of carbonyl (C=O) groups excluding carboxylic acids is 3. The average Bonchev–Trinajstić information content (AvgIpc) is 2.26. The van der Waals surface area contributed by atoms with E-state index >= 15 is 0 Å². The summed E-state index contributed by atoms with van der Waals surface area (Å²) >= 11 is 0. The molecule has 5 heteroatoms. The zero-order valence-electron chi connectivity index (χ0n) is 10.6. The molecule has 17 heavy (non-hydrogen) atoms. The molecule has 0 saturated carbocycles. The molecular formula is C12H18O5. The van der Waals surface area contributed by atoms with E-state index in [4.69, 9.17) is 4.74 Å². The molecule has 0 aliphatic rings. The molecule has 0 heterocycles. The topological polar surface area (TPSA) is 69.7 Å². The standard InChI is InChI=1S/C12H18O5/c1-6-10(14)16-9(4)17-11(15)12(5,7-2)8(3)13/h6,9H,1,7H2,2-5H3. The van der Waals surface area contributed by atoms with E-state index in [9.17, 15) is 14.4 Å². The van der Waals surface area contributed by atoms with Crippen molar-refractivity contribution in [3.8, 4) is 0 Å². The Labute approximate surface area is 101 Å². The molecule has 0 spiro atoms. The van der Waals surface area contributed by atoms with E-state index in [0.717, 1.165) is 6.08 Å². The number of hydrogen-bond acceptors (Lipinski definition) is 5. The van der Waals surface area contributed by atoms with E-state index in [1.165, 1.54) is 20.8 Å². The van der Waals surface area contributed by atoms with Crippen molar-refractivity contribution in [2.75, 3.05) is 0 Å². The minimum absolute atomic E-state index is 0.285. The Morgan fingerprint density at radius 3 is 2.24 bits per heavy atom. The highest BCUT2D eigenvalue weighted by molar-refractivity contribution is 6.02. The van der Waals surface area contributed by atoms with Crippen LogP contribution in [0.25, 0.3) is 0 Å². The van der Waals surface area contributed by atoms with Crippen LogP contribution in [0.2, 0.25) is 0 Å². The quantitative estimate of drug-likeness (QED) is 0.306. The Kier molecular flexibility index (Phi) is 5.58. The van der Waals surface area contributed by atoms with Gasteiger partial charge in [-0.25, -0.2) is 4.79 Å². The van der Waals surface area contributed by atoms with Crippen LogP contribution in [0, 0.1) is 5.41 Å². The van der Waals surface area contributed by atoms with Gasteiger partial charge in [-0.05, 0) is 20.3 Å². The van der Waals surface area contributed by atoms with Gasteiger partial charge in [-0.2, -0.15) is 0 Å². The lowest BCUT2D eigenvalue weighted by Gasteiger charge is -2.24. The van der Waals surface area contributed by atoms with Crippen LogP contribution in [-0.2, 0) is 23.9 Å². The molecule has 0 radical (unpaired) electrons. The Morgan fingerprint density at radius 1 is 1.35 bits per heavy atom. The van der Waals surface area contributed by atoms with Crippen LogP contribution in [-0.4, -0.2) is 24.0 Å². The molecule has 0 fully saturated rings. The van der Waals surface area contributed by atoms with Crippen LogP contribution in [0.1, 0.15) is 34.1 Å². The van der Waals surface area contributed by atoms with Crippen molar-refractivity contribution in [2.45, 2.75) is 40.4 Å². The Balaban J connectivity index is 4.57. The molecule has 0 aliphatic carbocycles. The smallest absolute Gasteiger partial charge is 0.333 e. The fourth-order valence-corrected chi connectivity index (χ4v) is 1.05. The summed E-state index contributed by atoms with van der Waals surface area (Å²) in [7, 11) is 0. The summed E-state index contributed by atoms with van der Waals surface area (Å²) < 4.78 is 9.57. The molecule has 0 saturated heterocycles. The Bertz CT molecular complexity index is 334. The largest absolute Gasteiger partial charge is 0.425 e. The van der Waals surface area contributed by atoms with Gasteiger partial charge < -0.3 is 9.47 Å². The average molecular weight is 242 g/mol. The first-order valence-electron chi connectivity index (χ1n) is 5.33. The minimum atomic E-state index is -1.20. The highest BCUT2D eigenvalue weighted by Crippen LogP contribution is 2.25. The van der Waals surface area contributed by atoms with Gasteiger partial charge in [0, 0.05) is 13.0 Å². The van der Waals surface area contributed by atoms with Gasteiger partial charge >= 0.3 is 11.9 Å². The molecule has 0 N–H and O–H groups in total. The summed E-state index contributed by atoms with van der Waals surface area (Å²) in [5, 5.41) is 0. The van der Waals surface area contributed by atoms with Crippen LogP contribution < -0.4 is 0 Å². The molecule has 0 aromatic heterocycles. The maximum Gasteiger partial charge on any atom is 0.333 e. The van der Waals surface area contributed by atoms with Crippen LogP contribution in [0.4, 0.5) is 0 Å². The van der Waals surface area contributed by atoms with Gasteiger partial charge in [-0.3, -0.25) is 9.59 Å². The van der Waals surface area contributed by atoms with Crippen LogP contribution in [0.5, 0.6) is 0 Å². The van der Waals surface area contributed by atoms with Crippen molar-refractivity contribution in [1.82, 2.24) is 0 Å². The number of esters is 2. The lowest BCUT2D eigenvalue weighted by atomic mass is 9.84. The van der Waals surface area contributed by atoms with Gasteiger partial charge in [0.15, 0.2) is 0 Å². The number of ether oxygens (including phenoxy) is 2. The van der Waals surface area contributed by atoms with E-state index in [0.29, 0.717) is 6.42 Å². The maximum absolute atomic E-state index is 11.8. The monoisotopic (exact) mass is 242 g/mol. The number of carbonyl (C=O) groups is 3. The highest BCUT2D eigenvalue weighted by Gasteiger charge is 2.39. The molecule has 0 aliphatic heterocycles. The molecule has 2 atom stereocenters. The van der Waals surface area contributed by atoms with Crippen molar-refractivity contribution >= 4 is 17.7 Å². The fourth-order valence-electron chi connectivity index (χ4n) is 1.05. The molecule has 2 unspecified atom stereocenters. The zero-order valence-corrected chi connectivity index (χ0v) is 10.6. The Hall–Kier alpha value is -1.65. The van der Waals surface area contributed by atoms with E-state index in [-0.39, 0.29) is 5.78 Å². The van der Waals surface area contributed by atoms with Crippen molar-refractivity contribution in [3.63, 3.8) is 0 Å². The number of Topliss-reactive ketones (excluding diaryl/α,β-unsaturated/α-hetero) is 1. The summed E-state index contributed by atoms with van der Waals surface area (Å²) in [6.07, 6.45) is 0.246. The number of ketones is 1. The third-order valence-corrected chi connectivity index (χ3v) is 2.66. The number of hydrogen-bond donors (Lipinski definition) is 0. The third-order valence-electron chi connectivity index (χ3n) is 2.66. The maximum atomic E-state index is 11.8. The van der Waals surface area contributed by atoms with Gasteiger partial charge in [0.1, 0.15) is 11.2 Å². The Morgan fingerprint density at radius 2 is 1.88 bits per heavy atom. The van der Waals surface area contributed by atoms with Crippen molar-refractivity contribution in [3.05, 3.63) is 12.7 Å². The van der Waals surface area contributed by atoms with E-state index in [2.05, 4.69) is 11.3 Å². The summed E-state index contributed by atoms with van der Waals surface area (Å²) in [6.45, 7) is 9.15. The van der Waals surface area contributed by atoms with Gasteiger partial charge in [-0.1, -0.05) is 13.5 Å². The SMILES string of the molecule is C=CC(=O)OC(C)OC(=O)C(C)(CC)C(C)=O. The summed E-state index contributed by atoms with van der Waals surface area (Å²) in [6, 6.07) is 0. The predicted octanol–water partition coefficient (Wildman–Crippen LogP) is 1.61. The molecule has 96 valence electrons. The minimum Gasteiger partial charge on any atom is -0.425 e. The van der Waals surface area contributed by atoms with Crippen molar-refractivity contribution in [2.24, 2.45) is 5.41 Å². The summed E-state index contributed by atoms with van der Waals surface area (Å²) in [5.74, 6) is -1.67. The molecular weight excluding hydrogens is 224 g/mol. The second kappa shape index (κ2) is 6.18. The van der Waals surface area contributed by atoms with E-state index < -0.39 is 23.6 Å². The van der Waals surface area contributed by atoms with Gasteiger partial charge in [0.2, 0.25) is 6.29 Å². The third kappa shape index (κ3) is 4.01. The highest BCUT2D eigenvalue weighted by atomic mass is 16.7. The molecule has 0 aromatic rings. The first-order chi connectivity index (χ1) is 7.77.